The Kier molecular flexibility index (Phi) is 1.50. The van der Waals surface area contributed by atoms with E-state index in [1.165, 1.54) is 19.3 Å². The van der Waals surface area contributed by atoms with Crippen molar-refractivity contribution in [1.29, 1.82) is 0 Å². The molecule has 0 aromatic rings. The molecule has 72 valence electrons. The molecule has 3 saturated carbocycles. The van der Waals surface area contributed by atoms with E-state index >= 15 is 0 Å². The van der Waals surface area contributed by atoms with Gasteiger partial charge < -0.3 is 5.32 Å². The Labute approximate surface area is 79.1 Å². The molecule has 3 rings (SSSR count). The molecule has 0 radical (unpaired) electrons. The van der Waals surface area contributed by atoms with Gasteiger partial charge in [-0.3, -0.25) is 4.79 Å². The van der Waals surface area contributed by atoms with Crippen LogP contribution < -0.4 is 5.32 Å². The van der Waals surface area contributed by atoms with E-state index in [0.29, 0.717) is 23.8 Å². The summed E-state index contributed by atoms with van der Waals surface area (Å²) < 4.78 is 0. The summed E-state index contributed by atoms with van der Waals surface area (Å²) in [5.74, 6) is 3.07. The Hall–Kier alpha value is -0.530. The standard InChI is InChI=1S/C11H17NO/c1-6-5-9(6)11(13)12-10-7-3-2-4-8(7)10/h6-10H,2-5H2,1H3,(H,12,13). The highest BCUT2D eigenvalue weighted by Gasteiger charge is 2.54. The van der Waals surface area contributed by atoms with Gasteiger partial charge in [0.2, 0.25) is 5.91 Å². The summed E-state index contributed by atoms with van der Waals surface area (Å²) in [6.07, 6.45) is 5.22. The first-order chi connectivity index (χ1) is 6.27. The summed E-state index contributed by atoms with van der Waals surface area (Å²) in [4.78, 5) is 11.6. The van der Waals surface area contributed by atoms with Crippen LogP contribution in [-0.2, 0) is 4.79 Å². The average Bonchev–Trinajstić information content (AvgIpc) is 2.92. The Morgan fingerprint density at radius 2 is 1.92 bits per heavy atom. The van der Waals surface area contributed by atoms with E-state index in [2.05, 4.69) is 12.2 Å². The highest BCUT2D eigenvalue weighted by atomic mass is 16.2. The van der Waals surface area contributed by atoms with Crippen molar-refractivity contribution in [3.8, 4) is 0 Å². The predicted octanol–water partition coefficient (Wildman–Crippen LogP) is 1.56. The number of fused-ring (bicyclic) bond motifs is 1. The van der Waals surface area contributed by atoms with Crippen molar-refractivity contribution >= 4 is 5.91 Å². The lowest BCUT2D eigenvalue weighted by Gasteiger charge is -2.05. The molecule has 3 aliphatic carbocycles. The van der Waals surface area contributed by atoms with Gasteiger partial charge in [-0.05, 0) is 37.0 Å². The molecule has 3 aliphatic rings. The van der Waals surface area contributed by atoms with E-state index in [-0.39, 0.29) is 0 Å². The van der Waals surface area contributed by atoms with Crippen molar-refractivity contribution in [2.75, 3.05) is 0 Å². The molecular weight excluding hydrogens is 162 g/mol. The van der Waals surface area contributed by atoms with Gasteiger partial charge in [-0.1, -0.05) is 13.3 Å². The van der Waals surface area contributed by atoms with Crippen LogP contribution in [0.15, 0.2) is 0 Å². The maximum atomic E-state index is 11.6. The lowest BCUT2D eigenvalue weighted by Crippen LogP contribution is -2.30. The second-order valence-corrected chi connectivity index (χ2v) is 5.11. The molecule has 2 heteroatoms. The van der Waals surface area contributed by atoms with Crippen molar-refractivity contribution < 1.29 is 4.79 Å². The lowest BCUT2D eigenvalue weighted by molar-refractivity contribution is -0.122. The summed E-state index contributed by atoms with van der Waals surface area (Å²) in [6.45, 7) is 2.16. The third-order valence-electron chi connectivity index (χ3n) is 4.16. The van der Waals surface area contributed by atoms with Gasteiger partial charge in [-0.2, -0.15) is 0 Å². The number of amides is 1. The van der Waals surface area contributed by atoms with Crippen LogP contribution >= 0.6 is 0 Å². The smallest absolute Gasteiger partial charge is 0.223 e. The maximum Gasteiger partial charge on any atom is 0.223 e. The van der Waals surface area contributed by atoms with Gasteiger partial charge in [0, 0.05) is 12.0 Å². The molecule has 0 saturated heterocycles. The lowest BCUT2D eigenvalue weighted by atomic mass is 10.2. The molecule has 13 heavy (non-hydrogen) atoms. The summed E-state index contributed by atoms with van der Waals surface area (Å²) in [5, 5.41) is 3.21. The minimum absolute atomic E-state index is 0.340. The van der Waals surface area contributed by atoms with E-state index in [0.717, 1.165) is 18.3 Å². The fourth-order valence-corrected chi connectivity index (χ4v) is 2.99. The van der Waals surface area contributed by atoms with Crippen LogP contribution in [0.3, 0.4) is 0 Å². The molecule has 0 bridgehead atoms. The van der Waals surface area contributed by atoms with Crippen LogP contribution in [0.2, 0.25) is 0 Å². The van der Waals surface area contributed by atoms with Crippen molar-refractivity contribution in [2.24, 2.45) is 23.7 Å². The molecule has 3 fully saturated rings. The molecule has 0 aromatic carbocycles. The van der Waals surface area contributed by atoms with Crippen LogP contribution in [0.5, 0.6) is 0 Å². The van der Waals surface area contributed by atoms with Crippen LogP contribution in [0.4, 0.5) is 0 Å². The zero-order chi connectivity index (χ0) is 9.00. The first-order valence-electron chi connectivity index (χ1n) is 5.58. The van der Waals surface area contributed by atoms with Gasteiger partial charge in [0.25, 0.3) is 0 Å². The van der Waals surface area contributed by atoms with Gasteiger partial charge in [0.1, 0.15) is 0 Å². The van der Waals surface area contributed by atoms with Crippen LogP contribution in [0.25, 0.3) is 0 Å². The quantitative estimate of drug-likeness (QED) is 0.684. The van der Waals surface area contributed by atoms with Gasteiger partial charge in [0.05, 0.1) is 0 Å². The van der Waals surface area contributed by atoms with Crippen molar-refractivity contribution in [1.82, 2.24) is 5.32 Å². The Morgan fingerprint density at radius 1 is 1.31 bits per heavy atom. The zero-order valence-corrected chi connectivity index (χ0v) is 8.12. The Bertz CT molecular complexity index is 240. The zero-order valence-electron chi connectivity index (χ0n) is 8.12. The summed E-state index contributed by atoms with van der Waals surface area (Å²) in [5.41, 5.74) is 0. The highest BCUT2D eigenvalue weighted by Crippen LogP contribution is 2.52. The van der Waals surface area contributed by atoms with Gasteiger partial charge in [0.15, 0.2) is 0 Å². The van der Waals surface area contributed by atoms with Crippen LogP contribution in [0.1, 0.15) is 32.6 Å². The maximum absolute atomic E-state index is 11.6. The number of hydrogen-bond donors (Lipinski definition) is 1. The minimum atomic E-state index is 0.340. The summed E-state index contributed by atoms with van der Waals surface area (Å²) in [7, 11) is 0. The van der Waals surface area contributed by atoms with E-state index < -0.39 is 0 Å². The molecule has 0 spiro atoms. The van der Waals surface area contributed by atoms with Gasteiger partial charge in [-0.15, -0.1) is 0 Å². The first-order valence-corrected chi connectivity index (χ1v) is 5.58. The molecule has 1 N–H and O–H groups in total. The average molecular weight is 179 g/mol. The van der Waals surface area contributed by atoms with Crippen LogP contribution in [0, 0.1) is 23.7 Å². The van der Waals surface area contributed by atoms with E-state index in [9.17, 15) is 4.79 Å². The molecule has 4 unspecified atom stereocenters. The van der Waals surface area contributed by atoms with Crippen LogP contribution in [-0.4, -0.2) is 11.9 Å². The molecule has 1 amide bonds. The van der Waals surface area contributed by atoms with Crippen molar-refractivity contribution in [3.05, 3.63) is 0 Å². The van der Waals surface area contributed by atoms with E-state index in [4.69, 9.17) is 0 Å². The monoisotopic (exact) mass is 179 g/mol. The van der Waals surface area contributed by atoms with Gasteiger partial charge >= 0.3 is 0 Å². The van der Waals surface area contributed by atoms with Gasteiger partial charge in [-0.25, -0.2) is 0 Å². The molecule has 2 nitrogen and oxygen atoms in total. The molecule has 0 heterocycles. The fraction of sp³-hybridized carbons (Fsp3) is 0.909. The Balaban J connectivity index is 1.51. The highest BCUT2D eigenvalue weighted by molar-refractivity contribution is 5.82. The number of carbonyl (C=O) groups excluding carboxylic acids is 1. The predicted molar refractivity (Wildman–Crippen MR) is 50.0 cm³/mol. The SMILES string of the molecule is CC1CC1C(=O)NC1C2CCCC21. The third kappa shape index (κ3) is 1.18. The normalized spacial score (nSPS) is 51.3. The van der Waals surface area contributed by atoms with E-state index in [1.807, 2.05) is 0 Å². The minimum Gasteiger partial charge on any atom is -0.353 e. The van der Waals surface area contributed by atoms with E-state index in [1.54, 1.807) is 0 Å². The number of rotatable bonds is 2. The second-order valence-electron chi connectivity index (χ2n) is 5.11. The Morgan fingerprint density at radius 3 is 2.46 bits per heavy atom. The molecule has 4 atom stereocenters. The summed E-state index contributed by atoms with van der Waals surface area (Å²) >= 11 is 0. The number of nitrogens with one attached hydrogen (secondary N) is 1. The second kappa shape index (κ2) is 2.49. The molecule has 0 aliphatic heterocycles. The van der Waals surface area contributed by atoms with Crippen molar-refractivity contribution in [3.63, 3.8) is 0 Å². The summed E-state index contributed by atoms with van der Waals surface area (Å²) in [6, 6.07) is 0.578. The largest absolute Gasteiger partial charge is 0.353 e. The number of carbonyl (C=O) groups is 1. The molecular formula is C11H17NO. The van der Waals surface area contributed by atoms with Crippen molar-refractivity contribution in [2.45, 2.75) is 38.6 Å². The topological polar surface area (TPSA) is 29.1 Å². The first kappa shape index (κ1) is 7.84. The molecule has 0 aromatic heterocycles. The third-order valence-corrected chi connectivity index (χ3v) is 4.16. The fourth-order valence-electron chi connectivity index (χ4n) is 2.99. The number of hydrogen-bond acceptors (Lipinski definition) is 1.